The summed E-state index contributed by atoms with van der Waals surface area (Å²) in [6.07, 6.45) is 1.70. The van der Waals surface area contributed by atoms with Crippen molar-refractivity contribution in [3.8, 4) is 12.1 Å². The minimum atomic E-state index is -1.03. The molecule has 0 saturated heterocycles. The maximum atomic E-state index is 12.1. The number of benzene rings is 2. The SMILES string of the molecule is C[C@H](OC(=O)/C=C/c1ccc(C#N)cc1)C(=O)Nc1ccccc1C#N. The Labute approximate surface area is 150 Å². The van der Waals surface area contributed by atoms with E-state index in [4.69, 9.17) is 15.3 Å². The van der Waals surface area contributed by atoms with Crippen LogP contribution in [0.4, 0.5) is 5.69 Å². The molecule has 0 saturated carbocycles. The van der Waals surface area contributed by atoms with Gasteiger partial charge in [-0.2, -0.15) is 10.5 Å². The van der Waals surface area contributed by atoms with Gasteiger partial charge in [-0.3, -0.25) is 4.79 Å². The van der Waals surface area contributed by atoms with E-state index in [0.29, 0.717) is 16.8 Å². The van der Waals surface area contributed by atoms with Crippen molar-refractivity contribution in [2.75, 3.05) is 5.32 Å². The molecule has 2 rings (SSSR count). The number of carbonyl (C=O) groups excluding carboxylic acids is 2. The lowest BCUT2D eigenvalue weighted by molar-refractivity contribution is -0.148. The van der Waals surface area contributed by atoms with Crippen LogP contribution in [-0.2, 0) is 14.3 Å². The fourth-order valence-corrected chi connectivity index (χ4v) is 2.02. The molecule has 0 aliphatic rings. The summed E-state index contributed by atoms with van der Waals surface area (Å²) in [4.78, 5) is 23.9. The van der Waals surface area contributed by atoms with Gasteiger partial charge in [-0.15, -0.1) is 0 Å². The summed E-state index contributed by atoms with van der Waals surface area (Å²) in [5.41, 5.74) is 1.92. The summed E-state index contributed by atoms with van der Waals surface area (Å²) in [7, 11) is 0. The molecule has 0 aliphatic carbocycles. The van der Waals surface area contributed by atoms with E-state index in [9.17, 15) is 9.59 Å². The third-order valence-electron chi connectivity index (χ3n) is 3.42. The monoisotopic (exact) mass is 345 g/mol. The first-order valence-corrected chi connectivity index (χ1v) is 7.72. The smallest absolute Gasteiger partial charge is 0.331 e. The Hall–Kier alpha value is -3.90. The molecule has 0 spiro atoms. The summed E-state index contributed by atoms with van der Waals surface area (Å²) in [6.45, 7) is 1.44. The Morgan fingerprint density at radius 2 is 1.77 bits per heavy atom. The molecule has 6 heteroatoms. The lowest BCUT2D eigenvalue weighted by Crippen LogP contribution is -2.29. The zero-order valence-electron chi connectivity index (χ0n) is 14.0. The highest BCUT2D eigenvalue weighted by Crippen LogP contribution is 2.14. The van der Waals surface area contributed by atoms with E-state index < -0.39 is 18.0 Å². The van der Waals surface area contributed by atoms with Crippen molar-refractivity contribution in [2.24, 2.45) is 0 Å². The van der Waals surface area contributed by atoms with Crippen molar-refractivity contribution in [3.63, 3.8) is 0 Å². The molecular formula is C20H15N3O3. The Morgan fingerprint density at radius 1 is 1.08 bits per heavy atom. The Balaban J connectivity index is 1.93. The molecule has 0 bridgehead atoms. The van der Waals surface area contributed by atoms with Crippen LogP contribution in [0, 0.1) is 22.7 Å². The number of anilines is 1. The highest BCUT2D eigenvalue weighted by molar-refractivity contribution is 5.97. The second-order valence-electron chi connectivity index (χ2n) is 5.29. The van der Waals surface area contributed by atoms with Gasteiger partial charge in [-0.25, -0.2) is 4.79 Å². The van der Waals surface area contributed by atoms with E-state index in [1.165, 1.54) is 19.1 Å². The van der Waals surface area contributed by atoms with Crippen molar-refractivity contribution >= 4 is 23.6 Å². The van der Waals surface area contributed by atoms with Crippen LogP contribution in [0.2, 0.25) is 0 Å². The third kappa shape index (κ3) is 5.05. The normalized spacial score (nSPS) is 11.2. The van der Waals surface area contributed by atoms with E-state index in [0.717, 1.165) is 5.56 Å². The number of para-hydroxylation sites is 1. The van der Waals surface area contributed by atoms with Gasteiger partial charge < -0.3 is 10.1 Å². The average molecular weight is 345 g/mol. The lowest BCUT2D eigenvalue weighted by Gasteiger charge is -2.13. The molecule has 2 aromatic rings. The van der Waals surface area contributed by atoms with Crippen LogP contribution < -0.4 is 5.32 Å². The number of carbonyl (C=O) groups is 2. The first-order valence-electron chi connectivity index (χ1n) is 7.72. The van der Waals surface area contributed by atoms with Crippen molar-refractivity contribution < 1.29 is 14.3 Å². The highest BCUT2D eigenvalue weighted by Gasteiger charge is 2.17. The summed E-state index contributed by atoms with van der Waals surface area (Å²) >= 11 is 0. The van der Waals surface area contributed by atoms with E-state index >= 15 is 0 Å². The summed E-state index contributed by atoms with van der Waals surface area (Å²) in [6, 6.07) is 17.2. The molecule has 6 nitrogen and oxygen atoms in total. The average Bonchev–Trinajstić information content (AvgIpc) is 2.67. The molecule has 2 aromatic carbocycles. The van der Waals surface area contributed by atoms with Crippen LogP contribution >= 0.6 is 0 Å². The summed E-state index contributed by atoms with van der Waals surface area (Å²) in [5, 5.41) is 20.3. The number of hydrogen-bond acceptors (Lipinski definition) is 5. The number of amides is 1. The van der Waals surface area contributed by atoms with Gasteiger partial charge in [0.2, 0.25) is 0 Å². The van der Waals surface area contributed by atoms with Crippen LogP contribution in [0.25, 0.3) is 6.08 Å². The van der Waals surface area contributed by atoms with Crippen LogP contribution in [0.5, 0.6) is 0 Å². The van der Waals surface area contributed by atoms with Crippen LogP contribution in [0.15, 0.2) is 54.6 Å². The van der Waals surface area contributed by atoms with Gasteiger partial charge in [0.05, 0.1) is 22.9 Å². The predicted octanol–water partition coefficient (Wildman–Crippen LogP) is 3.01. The molecule has 0 fully saturated rings. The van der Waals surface area contributed by atoms with Gasteiger partial charge in [0.25, 0.3) is 5.91 Å². The number of esters is 1. The molecule has 1 N–H and O–H groups in total. The molecule has 0 heterocycles. The standard InChI is InChI=1S/C20H15N3O3/c1-14(20(25)23-18-5-3-2-4-17(18)13-22)26-19(24)11-10-15-6-8-16(12-21)9-7-15/h2-11,14H,1H3,(H,23,25)/b11-10+/t14-/m0/s1. The van der Waals surface area contributed by atoms with Crippen molar-refractivity contribution in [1.82, 2.24) is 0 Å². The number of nitrogens with zero attached hydrogens (tertiary/aromatic N) is 2. The molecule has 1 atom stereocenters. The summed E-state index contributed by atoms with van der Waals surface area (Å²) < 4.78 is 5.05. The van der Waals surface area contributed by atoms with E-state index in [1.807, 2.05) is 12.1 Å². The topological polar surface area (TPSA) is 103 Å². The van der Waals surface area contributed by atoms with Crippen LogP contribution in [0.3, 0.4) is 0 Å². The molecule has 0 aromatic heterocycles. The summed E-state index contributed by atoms with van der Waals surface area (Å²) in [5.74, 6) is -1.21. The minimum absolute atomic E-state index is 0.320. The van der Waals surface area contributed by atoms with E-state index in [2.05, 4.69) is 5.32 Å². The minimum Gasteiger partial charge on any atom is -0.449 e. The van der Waals surface area contributed by atoms with Crippen molar-refractivity contribution in [3.05, 3.63) is 71.3 Å². The second-order valence-corrected chi connectivity index (χ2v) is 5.29. The molecule has 1 amide bonds. The zero-order chi connectivity index (χ0) is 18.9. The van der Waals surface area contributed by atoms with E-state index in [1.54, 1.807) is 48.5 Å². The Bertz CT molecular complexity index is 919. The van der Waals surface area contributed by atoms with Gasteiger partial charge in [0, 0.05) is 6.08 Å². The van der Waals surface area contributed by atoms with Gasteiger partial charge in [0.1, 0.15) is 6.07 Å². The fraction of sp³-hybridized carbons (Fsp3) is 0.100. The Morgan fingerprint density at radius 3 is 2.42 bits per heavy atom. The lowest BCUT2D eigenvalue weighted by atomic mass is 10.1. The van der Waals surface area contributed by atoms with Gasteiger partial charge in [-0.05, 0) is 42.8 Å². The number of rotatable bonds is 5. The maximum Gasteiger partial charge on any atom is 0.331 e. The van der Waals surface area contributed by atoms with Gasteiger partial charge in [-0.1, -0.05) is 24.3 Å². The van der Waals surface area contributed by atoms with Crippen molar-refractivity contribution in [2.45, 2.75) is 13.0 Å². The highest BCUT2D eigenvalue weighted by atomic mass is 16.5. The number of hydrogen-bond donors (Lipinski definition) is 1. The third-order valence-corrected chi connectivity index (χ3v) is 3.42. The first kappa shape index (κ1) is 18.4. The van der Waals surface area contributed by atoms with Crippen LogP contribution in [0.1, 0.15) is 23.6 Å². The Kier molecular flexibility index (Phi) is 6.25. The molecule has 0 unspecified atom stereocenters. The first-order chi connectivity index (χ1) is 12.5. The van der Waals surface area contributed by atoms with E-state index in [-0.39, 0.29) is 0 Å². The number of ether oxygens (including phenoxy) is 1. The molecule has 0 radical (unpaired) electrons. The molecular weight excluding hydrogens is 330 g/mol. The molecule has 128 valence electrons. The quantitative estimate of drug-likeness (QED) is 0.663. The predicted molar refractivity (Wildman–Crippen MR) is 95.5 cm³/mol. The zero-order valence-corrected chi connectivity index (χ0v) is 14.0. The molecule has 0 aliphatic heterocycles. The second kappa shape index (κ2) is 8.81. The van der Waals surface area contributed by atoms with Gasteiger partial charge in [0.15, 0.2) is 6.10 Å². The largest absolute Gasteiger partial charge is 0.449 e. The number of nitrogens with one attached hydrogen (secondary N) is 1. The van der Waals surface area contributed by atoms with Gasteiger partial charge >= 0.3 is 5.97 Å². The fourth-order valence-electron chi connectivity index (χ4n) is 2.02. The molecule has 26 heavy (non-hydrogen) atoms. The van der Waals surface area contributed by atoms with Crippen molar-refractivity contribution in [1.29, 1.82) is 10.5 Å². The number of nitriles is 2. The maximum absolute atomic E-state index is 12.1. The van der Waals surface area contributed by atoms with Crippen LogP contribution in [-0.4, -0.2) is 18.0 Å².